The van der Waals surface area contributed by atoms with Crippen LogP contribution in [0, 0.1) is 11.7 Å². The van der Waals surface area contributed by atoms with E-state index in [0.29, 0.717) is 19.5 Å². The zero-order valence-electron chi connectivity index (χ0n) is 12.3. The van der Waals surface area contributed by atoms with Crippen molar-refractivity contribution >= 4 is 11.8 Å². The molecule has 1 aromatic carbocycles. The second-order valence-corrected chi connectivity index (χ2v) is 5.47. The van der Waals surface area contributed by atoms with Gasteiger partial charge in [-0.1, -0.05) is 12.1 Å². The van der Waals surface area contributed by atoms with Crippen LogP contribution in [0.25, 0.3) is 0 Å². The lowest BCUT2D eigenvalue weighted by Crippen LogP contribution is -2.45. The molecule has 0 bridgehead atoms. The highest BCUT2D eigenvalue weighted by Crippen LogP contribution is 2.16. The van der Waals surface area contributed by atoms with E-state index >= 15 is 0 Å². The quantitative estimate of drug-likeness (QED) is 0.919. The predicted octanol–water partition coefficient (Wildman–Crippen LogP) is 1.74. The first-order valence-electron chi connectivity index (χ1n) is 7.34. The van der Waals surface area contributed by atoms with Crippen molar-refractivity contribution in [2.24, 2.45) is 5.92 Å². The fourth-order valence-electron chi connectivity index (χ4n) is 2.60. The van der Waals surface area contributed by atoms with Gasteiger partial charge in [0.05, 0.1) is 5.92 Å². The van der Waals surface area contributed by atoms with Crippen LogP contribution in [0.15, 0.2) is 24.3 Å². The van der Waals surface area contributed by atoms with Gasteiger partial charge >= 0.3 is 0 Å². The molecule has 0 unspecified atom stereocenters. The van der Waals surface area contributed by atoms with E-state index in [1.165, 1.54) is 19.1 Å². The Morgan fingerprint density at radius 2 is 2.05 bits per heavy atom. The summed E-state index contributed by atoms with van der Waals surface area (Å²) in [5.74, 6) is -0.341. The number of amides is 2. The highest BCUT2D eigenvalue weighted by atomic mass is 19.1. The molecule has 0 aliphatic carbocycles. The fraction of sp³-hybridized carbons (Fsp3) is 0.500. The van der Waals surface area contributed by atoms with Gasteiger partial charge in [-0.15, -0.1) is 0 Å². The van der Waals surface area contributed by atoms with E-state index < -0.39 is 0 Å². The van der Waals surface area contributed by atoms with Crippen LogP contribution in [0.1, 0.15) is 25.3 Å². The number of nitrogens with one attached hydrogen (secondary N) is 1. The van der Waals surface area contributed by atoms with Gasteiger partial charge < -0.3 is 10.2 Å². The Labute approximate surface area is 124 Å². The number of likely N-dealkylation sites (tertiary alicyclic amines) is 1. The van der Waals surface area contributed by atoms with Crippen molar-refractivity contribution in [2.45, 2.75) is 26.2 Å². The fourth-order valence-corrected chi connectivity index (χ4v) is 2.60. The zero-order chi connectivity index (χ0) is 15.2. The van der Waals surface area contributed by atoms with Gasteiger partial charge in [0, 0.05) is 26.6 Å². The maximum Gasteiger partial charge on any atom is 0.224 e. The third-order valence-corrected chi connectivity index (χ3v) is 3.86. The summed E-state index contributed by atoms with van der Waals surface area (Å²) < 4.78 is 12.8. The maximum absolute atomic E-state index is 12.8. The summed E-state index contributed by atoms with van der Waals surface area (Å²) in [7, 11) is 0. The number of halogens is 1. The molecule has 114 valence electrons. The smallest absolute Gasteiger partial charge is 0.224 e. The van der Waals surface area contributed by atoms with E-state index in [0.717, 1.165) is 24.9 Å². The Balaban J connectivity index is 1.76. The number of rotatable bonds is 4. The number of carbonyl (C=O) groups is 2. The van der Waals surface area contributed by atoms with Crippen LogP contribution >= 0.6 is 0 Å². The Hall–Kier alpha value is -1.91. The van der Waals surface area contributed by atoms with Crippen LogP contribution in [-0.2, 0) is 16.0 Å². The number of carbonyl (C=O) groups excluding carboxylic acids is 2. The molecule has 4 nitrogen and oxygen atoms in total. The Bertz CT molecular complexity index is 502. The Kier molecular flexibility index (Phi) is 5.31. The maximum atomic E-state index is 12.8. The Morgan fingerprint density at radius 1 is 1.33 bits per heavy atom. The van der Waals surface area contributed by atoms with E-state index in [2.05, 4.69) is 5.32 Å². The van der Waals surface area contributed by atoms with Gasteiger partial charge in [-0.25, -0.2) is 4.39 Å². The monoisotopic (exact) mass is 292 g/mol. The molecule has 1 N–H and O–H groups in total. The highest BCUT2D eigenvalue weighted by molar-refractivity contribution is 5.80. The summed E-state index contributed by atoms with van der Waals surface area (Å²) in [6.45, 7) is 3.32. The molecule has 0 radical (unpaired) electrons. The molecule has 1 atom stereocenters. The average molecular weight is 292 g/mol. The Morgan fingerprint density at radius 3 is 2.71 bits per heavy atom. The number of hydrogen-bond donors (Lipinski definition) is 1. The number of nitrogens with zero attached hydrogens (tertiary/aromatic N) is 1. The van der Waals surface area contributed by atoms with Crippen LogP contribution in [0.5, 0.6) is 0 Å². The zero-order valence-corrected chi connectivity index (χ0v) is 12.3. The van der Waals surface area contributed by atoms with Crippen molar-refractivity contribution in [2.75, 3.05) is 19.6 Å². The molecule has 0 saturated carbocycles. The van der Waals surface area contributed by atoms with Crippen LogP contribution in [0.2, 0.25) is 0 Å². The third-order valence-electron chi connectivity index (χ3n) is 3.86. The summed E-state index contributed by atoms with van der Waals surface area (Å²) in [5, 5.41) is 2.90. The third kappa shape index (κ3) is 4.55. The molecule has 5 heteroatoms. The van der Waals surface area contributed by atoms with Crippen molar-refractivity contribution in [1.82, 2.24) is 10.2 Å². The van der Waals surface area contributed by atoms with Crippen molar-refractivity contribution < 1.29 is 14.0 Å². The molecular formula is C16H21FN2O2. The minimum atomic E-state index is -0.255. The molecule has 0 aromatic heterocycles. The predicted molar refractivity (Wildman–Crippen MR) is 78.1 cm³/mol. The van der Waals surface area contributed by atoms with Gasteiger partial charge in [0.2, 0.25) is 11.8 Å². The normalized spacial score (nSPS) is 18.4. The molecule has 1 aliphatic heterocycles. The van der Waals surface area contributed by atoms with Crippen molar-refractivity contribution in [3.05, 3.63) is 35.6 Å². The minimum absolute atomic E-state index is 0.00283. The summed E-state index contributed by atoms with van der Waals surface area (Å²) in [6.07, 6.45) is 2.37. The molecule has 1 fully saturated rings. The SMILES string of the molecule is CC(=O)N1CCC[C@@H](C(=O)NCCc2ccc(F)cc2)C1. The molecular weight excluding hydrogens is 271 g/mol. The number of piperidine rings is 1. The van der Waals surface area contributed by atoms with Crippen molar-refractivity contribution in [3.8, 4) is 0 Å². The van der Waals surface area contributed by atoms with Crippen LogP contribution < -0.4 is 5.32 Å². The highest BCUT2D eigenvalue weighted by Gasteiger charge is 2.26. The molecule has 1 saturated heterocycles. The molecule has 1 aliphatic rings. The molecule has 2 amide bonds. The molecule has 1 aromatic rings. The number of hydrogen-bond acceptors (Lipinski definition) is 2. The van der Waals surface area contributed by atoms with E-state index in [4.69, 9.17) is 0 Å². The van der Waals surface area contributed by atoms with E-state index in [-0.39, 0.29) is 23.5 Å². The first-order valence-corrected chi connectivity index (χ1v) is 7.34. The molecule has 0 spiro atoms. The van der Waals surface area contributed by atoms with E-state index in [1.807, 2.05) is 0 Å². The van der Waals surface area contributed by atoms with Crippen LogP contribution in [0.4, 0.5) is 4.39 Å². The second kappa shape index (κ2) is 7.20. The second-order valence-electron chi connectivity index (χ2n) is 5.47. The summed E-state index contributed by atoms with van der Waals surface area (Å²) >= 11 is 0. The van der Waals surface area contributed by atoms with Gasteiger partial charge in [0.15, 0.2) is 0 Å². The summed E-state index contributed by atoms with van der Waals surface area (Å²) in [5.41, 5.74) is 0.991. The molecule has 1 heterocycles. The van der Waals surface area contributed by atoms with Gasteiger partial charge in [0.1, 0.15) is 5.82 Å². The largest absolute Gasteiger partial charge is 0.355 e. The number of benzene rings is 1. The standard InChI is InChI=1S/C16H21FN2O2/c1-12(20)19-10-2-3-14(11-19)16(21)18-9-8-13-4-6-15(17)7-5-13/h4-7,14H,2-3,8-11H2,1H3,(H,18,21)/t14-/m1/s1. The van der Waals surface area contributed by atoms with Gasteiger partial charge in [-0.05, 0) is 37.0 Å². The molecule has 21 heavy (non-hydrogen) atoms. The van der Waals surface area contributed by atoms with Crippen molar-refractivity contribution in [3.63, 3.8) is 0 Å². The van der Waals surface area contributed by atoms with Crippen LogP contribution in [-0.4, -0.2) is 36.3 Å². The lowest BCUT2D eigenvalue weighted by atomic mass is 9.97. The lowest BCUT2D eigenvalue weighted by Gasteiger charge is -2.31. The van der Waals surface area contributed by atoms with E-state index in [9.17, 15) is 14.0 Å². The van der Waals surface area contributed by atoms with E-state index in [1.54, 1.807) is 17.0 Å². The van der Waals surface area contributed by atoms with Crippen LogP contribution in [0.3, 0.4) is 0 Å². The van der Waals surface area contributed by atoms with Gasteiger partial charge in [-0.2, -0.15) is 0 Å². The summed E-state index contributed by atoms with van der Waals surface area (Å²) in [4.78, 5) is 25.2. The van der Waals surface area contributed by atoms with Crippen molar-refractivity contribution in [1.29, 1.82) is 0 Å². The van der Waals surface area contributed by atoms with Gasteiger partial charge in [0.25, 0.3) is 0 Å². The first kappa shape index (κ1) is 15.5. The lowest BCUT2D eigenvalue weighted by molar-refractivity contribution is -0.133. The molecule has 2 rings (SSSR count). The van der Waals surface area contributed by atoms with Gasteiger partial charge in [-0.3, -0.25) is 9.59 Å². The topological polar surface area (TPSA) is 49.4 Å². The first-order chi connectivity index (χ1) is 10.1. The average Bonchev–Trinajstić information content (AvgIpc) is 2.49. The summed E-state index contributed by atoms with van der Waals surface area (Å²) in [6, 6.07) is 6.28. The minimum Gasteiger partial charge on any atom is -0.355 e.